The number of nitrogens with zero attached hydrogens (tertiary/aromatic N) is 1. The number of hydrogen-bond acceptors (Lipinski definition) is 5. The van der Waals surface area contributed by atoms with E-state index in [1.165, 1.54) is 13.0 Å². The summed E-state index contributed by atoms with van der Waals surface area (Å²) < 4.78 is 40.4. The zero-order chi connectivity index (χ0) is 25.0. The van der Waals surface area contributed by atoms with E-state index in [9.17, 15) is 18.4 Å². The van der Waals surface area contributed by atoms with Crippen molar-refractivity contribution in [2.24, 2.45) is 0 Å². The van der Waals surface area contributed by atoms with Gasteiger partial charge < -0.3 is 9.47 Å². The third-order valence-corrected chi connectivity index (χ3v) is 6.24. The molecule has 0 aliphatic rings. The number of esters is 2. The second-order valence-corrected chi connectivity index (χ2v) is 9.50. The third-order valence-electron chi connectivity index (χ3n) is 5.06. The molecule has 0 spiro atoms. The molecule has 0 aliphatic heterocycles. The Balaban J connectivity index is 1.84. The molecule has 2 aromatic carbocycles. The Labute approximate surface area is 213 Å². The van der Waals surface area contributed by atoms with E-state index in [-0.39, 0.29) is 18.6 Å². The van der Waals surface area contributed by atoms with Crippen molar-refractivity contribution in [2.45, 2.75) is 52.6 Å². The Hall–Kier alpha value is -2.39. The van der Waals surface area contributed by atoms with E-state index in [2.05, 4.69) is 41.6 Å². The number of halogens is 4. The first-order chi connectivity index (χ1) is 16.1. The minimum Gasteiger partial charge on any atom is -0.455 e. The molecule has 9 heteroatoms. The van der Waals surface area contributed by atoms with Crippen LogP contribution in [0, 0.1) is 12.7 Å². The molecule has 34 heavy (non-hydrogen) atoms. The Morgan fingerprint density at radius 3 is 2.38 bits per heavy atom. The number of alkyl halides is 1. The summed E-state index contributed by atoms with van der Waals surface area (Å²) in [6.45, 7) is 5.46. The molecular weight excluding hydrogens is 576 g/mol. The smallest absolute Gasteiger partial charge is 0.348 e. The van der Waals surface area contributed by atoms with Gasteiger partial charge in [-0.1, -0.05) is 20.3 Å². The van der Waals surface area contributed by atoms with Crippen molar-refractivity contribution in [2.75, 3.05) is 0 Å². The van der Waals surface area contributed by atoms with Gasteiger partial charge in [0.1, 0.15) is 11.3 Å². The summed E-state index contributed by atoms with van der Waals surface area (Å²) in [4.78, 5) is 27.4. The van der Waals surface area contributed by atoms with E-state index >= 15 is 0 Å². The number of rotatable bonds is 8. The van der Waals surface area contributed by atoms with Gasteiger partial charge in [0.25, 0.3) is 0 Å². The molecule has 1 heterocycles. The second-order valence-electron chi connectivity index (χ2n) is 7.79. The number of ether oxygens (including phenoxy) is 2. The molecule has 1 atom stereocenters. The number of carbonyl (C=O) groups is 2. The van der Waals surface area contributed by atoms with Gasteiger partial charge in [-0.05, 0) is 80.6 Å². The molecule has 0 radical (unpaired) electrons. The summed E-state index contributed by atoms with van der Waals surface area (Å²) in [7, 11) is 0. The largest absolute Gasteiger partial charge is 0.455 e. The van der Waals surface area contributed by atoms with E-state index in [0.717, 1.165) is 24.1 Å². The SMILES string of the molecule is CCCc1cc(C)c2cc(Oc3c(Br)cc(CC(F)C(=O)OC(=O)CC)cc3Br)cc(F)c2n1. The van der Waals surface area contributed by atoms with Gasteiger partial charge in [0.15, 0.2) is 11.6 Å². The van der Waals surface area contributed by atoms with E-state index < -0.39 is 23.9 Å². The Bertz CT molecular complexity index is 1230. The molecule has 0 saturated carbocycles. The number of carbonyl (C=O) groups excluding carboxylic acids is 2. The highest BCUT2D eigenvalue weighted by atomic mass is 79.9. The number of hydrogen-bond donors (Lipinski definition) is 0. The molecule has 3 rings (SSSR count). The lowest BCUT2D eigenvalue weighted by atomic mass is 10.1. The predicted molar refractivity (Wildman–Crippen MR) is 132 cm³/mol. The van der Waals surface area contributed by atoms with Crippen molar-refractivity contribution in [1.29, 1.82) is 0 Å². The maximum Gasteiger partial charge on any atom is 0.348 e. The number of aromatic nitrogens is 1. The normalized spacial score (nSPS) is 12.0. The predicted octanol–water partition coefficient (Wildman–Crippen LogP) is 7.31. The zero-order valence-corrected chi connectivity index (χ0v) is 22.1. The number of benzene rings is 2. The van der Waals surface area contributed by atoms with Gasteiger partial charge in [0, 0.05) is 30.0 Å². The van der Waals surface area contributed by atoms with Crippen LogP contribution >= 0.6 is 31.9 Å². The van der Waals surface area contributed by atoms with E-state index in [1.54, 1.807) is 18.2 Å². The van der Waals surface area contributed by atoms with Crippen LogP contribution in [-0.2, 0) is 27.2 Å². The highest BCUT2D eigenvalue weighted by molar-refractivity contribution is 9.11. The molecule has 3 aromatic rings. The van der Waals surface area contributed by atoms with Gasteiger partial charge in [0.05, 0.1) is 8.95 Å². The van der Waals surface area contributed by atoms with Crippen LogP contribution < -0.4 is 4.74 Å². The fourth-order valence-electron chi connectivity index (χ4n) is 3.42. The summed E-state index contributed by atoms with van der Waals surface area (Å²) in [5, 5.41) is 0.652. The first kappa shape index (κ1) is 26.2. The Morgan fingerprint density at radius 2 is 1.76 bits per heavy atom. The van der Waals surface area contributed by atoms with Gasteiger partial charge in [0.2, 0.25) is 6.17 Å². The number of fused-ring (bicyclic) bond motifs is 1. The van der Waals surface area contributed by atoms with Crippen molar-refractivity contribution >= 4 is 54.7 Å². The molecule has 0 bridgehead atoms. The van der Waals surface area contributed by atoms with E-state index in [0.29, 0.717) is 31.2 Å². The van der Waals surface area contributed by atoms with Crippen LogP contribution in [0.1, 0.15) is 43.5 Å². The van der Waals surface area contributed by atoms with Crippen LogP contribution in [-0.4, -0.2) is 23.1 Å². The van der Waals surface area contributed by atoms with Gasteiger partial charge >= 0.3 is 11.9 Å². The molecule has 0 N–H and O–H groups in total. The minimum absolute atomic E-state index is 0.0214. The molecule has 5 nitrogen and oxygen atoms in total. The zero-order valence-electron chi connectivity index (χ0n) is 18.9. The molecular formula is C25H23Br2F2NO4. The van der Waals surface area contributed by atoms with Crippen LogP contribution in [0.4, 0.5) is 8.78 Å². The molecule has 1 aromatic heterocycles. The highest BCUT2D eigenvalue weighted by Crippen LogP contribution is 2.39. The summed E-state index contributed by atoms with van der Waals surface area (Å²) in [5.41, 5.74) is 2.50. The quantitative estimate of drug-likeness (QED) is 0.201. The number of aryl methyl sites for hydroxylation is 2. The van der Waals surface area contributed by atoms with Crippen LogP contribution in [0.5, 0.6) is 11.5 Å². The van der Waals surface area contributed by atoms with Crippen LogP contribution in [0.25, 0.3) is 10.9 Å². The van der Waals surface area contributed by atoms with Gasteiger partial charge in [-0.15, -0.1) is 0 Å². The van der Waals surface area contributed by atoms with E-state index in [4.69, 9.17) is 4.74 Å². The van der Waals surface area contributed by atoms with Crippen LogP contribution in [0.15, 0.2) is 39.3 Å². The number of pyridine rings is 1. The molecule has 0 amide bonds. The average Bonchev–Trinajstić information content (AvgIpc) is 2.77. The lowest BCUT2D eigenvalue weighted by Gasteiger charge is -2.14. The molecule has 180 valence electrons. The van der Waals surface area contributed by atoms with Crippen molar-refractivity contribution in [3.8, 4) is 11.5 Å². The van der Waals surface area contributed by atoms with E-state index in [1.807, 2.05) is 19.9 Å². The highest BCUT2D eigenvalue weighted by Gasteiger charge is 2.23. The van der Waals surface area contributed by atoms with Crippen molar-refractivity contribution < 1.29 is 27.8 Å². The third kappa shape index (κ3) is 6.18. The lowest BCUT2D eigenvalue weighted by Crippen LogP contribution is -2.24. The summed E-state index contributed by atoms with van der Waals surface area (Å²) in [6.07, 6.45) is -0.619. The fraction of sp³-hybridized carbons (Fsp3) is 0.320. The summed E-state index contributed by atoms with van der Waals surface area (Å²) in [5.74, 6) is -1.87. The van der Waals surface area contributed by atoms with Gasteiger partial charge in [-0.2, -0.15) is 0 Å². The standard InChI is InChI=1S/C25H23Br2F2NO4/c1-4-6-15-7-13(3)17-11-16(12-20(28)23(17)30-15)33-24-18(26)8-14(9-19(24)27)10-21(29)25(32)34-22(31)5-2/h7-9,11-12,21H,4-6,10H2,1-3H3. The molecule has 0 saturated heterocycles. The Morgan fingerprint density at radius 1 is 1.09 bits per heavy atom. The fourth-order valence-corrected chi connectivity index (χ4v) is 4.86. The van der Waals surface area contributed by atoms with Gasteiger partial charge in [-0.3, -0.25) is 4.79 Å². The summed E-state index contributed by atoms with van der Waals surface area (Å²) >= 11 is 6.78. The first-order valence-electron chi connectivity index (χ1n) is 10.8. The average molecular weight is 599 g/mol. The maximum absolute atomic E-state index is 14.9. The minimum atomic E-state index is -2.00. The summed E-state index contributed by atoms with van der Waals surface area (Å²) in [6, 6.07) is 8.12. The van der Waals surface area contributed by atoms with Gasteiger partial charge in [-0.25, -0.2) is 18.6 Å². The topological polar surface area (TPSA) is 65.5 Å². The molecule has 0 aliphatic carbocycles. The maximum atomic E-state index is 14.9. The van der Waals surface area contributed by atoms with Crippen molar-refractivity contribution in [1.82, 2.24) is 4.98 Å². The van der Waals surface area contributed by atoms with Crippen LogP contribution in [0.2, 0.25) is 0 Å². The molecule has 1 unspecified atom stereocenters. The van der Waals surface area contributed by atoms with Crippen LogP contribution in [0.3, 0.4) is 0 Å². The second kappa shape index (κ2) is 11.4. The molecule has 0 fully saturated rings. The Kier molecular flexibility index (Phi) is 8.76. The lowest BCUT2D eigenvalue weighted by molar-refractivity contribution is -0.163. The van der Waals surface area contributed by atoms with Crippen molar-refractivity contribution in [3.05, 3.63) is 61.9 Å². The first-order valence-corrected chi connectivity index (χ1v) is 12.4. The van der Waals surface area contributed by atoms with Crippen molar-refractivity contribution in [3.63, 3.8) is 0 Å². The monoisotopic (exact) mass is 597 g/mol.